The van der Waals surface area contributed by atoms with Crippen molar-refractivity contribution in [1.29, 1.82) is 0 Å². The van der Waals surface area contributed by atoms with Crippen molar-refractivity contribution in [3.63, 3.8) is 0 Å². The van der Waals surface area contributed by atoms with Gasteiger partial charge >= 0.3 is 5.97 Å². The Morgan fingerprint density at radius 3 is 2.57 bits per heavy atom. The number of carbonyl (C=O) groups is 1. The van der Waals surface area contributed by atoms with Crippen LogP contribution in [0.25, 0.3) is 11.0 Å². The highest BCUT2D eigenvalue weighted by Crippen LogP contribution is 2.21. The molecule has 3 aromatic rings. The lowest BCUT2D eigenvalue weighted by Gasteiger charge is -2.07. The molecule has 1 aromatic heterocycles. The number of aromatic carboxylic acids is 1. The van der Waals surface area contributed by atoms with Gasteiger partial charge in [0.15, 0.2) is 0 Å². The van der Waals surface area contributed by atoms with Crippen molar-refractivity contribution in [2.24, 2.45) is 0 Å². The first-order valence-electron chi connectivity index (χ1n) is 6.50. The molecule has 0 aliphatic carbocycles. The number of rotatable bonds is 5. The third-order valence-electron chi connectivity index (χ3n) is 3.21. The van der Waals surface area contributed by atoms with E-state index in [4.69, 9.17) is 5.11 Å². The van der Waals surface area contributed by atoms with Gasteiger partial charge in [0.25, 0.3) is 0 Å². The van der Waals surface area contributed by atoms with Crippen LogP contribution < -0.4 is 4.72 Å². The molecule has 0 amide bonds. The average molecular weight is 349 g/mol. The maximum Gasteiger partial charge on any atom is 0.335 e. The summed E-state index contributed by atoms with van der Waals surface area (Å²) in [7, 11) is -3.74. The summed E-state index contributed by atoms with van der Waals surface area (Å²) in [6.07, 6.45) is 0. The van der Waals surface area contributed by atoms with Gasteiger partial charge in [0, 0.05) is 6.54 Å². The zero-order valence-electron chi connectivity index (χ0n) is 11.6. The molecule has 2 aromatic carbocycles. The van der Waals surface area contributed by atoms with Crippen molar-refractivity contribution in [3.05, 3.63) is 53.6 Å². The topological polar surface area (TPSA) is 109 Å². The molecule has 9 heteroatoms. The zero-order valence-corrected chi connectivity index (χ0v) is 13.3. The number of benzene rings is 2. The number of hydrogen-bond acceptors (Lipinski definition) is 6. The van der Waals surface area contributed by atoms with Crippen molar-refractivity contribution in [1.82, 2.24) is 13.5 Å². The van der Waals surface area contributed by atoms with Crippen LogP contribution in [-0.4, -0.2) is 28.2 Å². The number of nitrogens with one attached hydrogen (secondary N) is 1. The summed E-state index contributed by atoms with van der Waals surface area (Å²) in [6, 6.07) is 10.8. The third-order valence-corrected chi connectivity index (χ3v) is 5.18. The minimum Gasteiger partial charge on any atom is -0.478 e. The predicted octanol–water partition coefficient (Wildman–Crippen LogP) is 1.87. The Labute approximate surface area is 136 Å². The predicted molar refractivity (Wildman–Crippen MR) is 84.8 cm³/mol. The summed E-state index contributed by atoms with van der Waals surface area (Å²) in [5.74, 6) is -1.03. The standard InChI is InChI=1S/C14H11N3O4S2/c18-14(19)10-6-4-9(5-7-10)8-15-23(20,21)12-3-1-2-11-13(12)17-22-16-11/h1-7,15H,8H2,(H,18,19). The second-order valence-corrected chi connectivity index (χ2v) is 6.98. The van der Waals surface area contributed by atoms with Crippen LogP contribution in [0, 0.1) is 0 Å². The van der Waals surface area contributed by atoms with E-state index in [1.807, 2.05) is 0 Å². The molecule has 0 spiro atoms. The fraction of sp³-hybridized carbons (Fsp3) is 0.0714. The number of hydrogen-bond donors (Lipinski definition) is 2. The van der Waals surface area contributed by atoms with Crippen LogP contribution in [0.15, 0.2) is 47.4 Å². The molecule has 1 heterocycles. The van der Waals surface area contributed by atoms with Gasteiger partial charge in [-0.1, -0.05) is 18.2 Å². The van der Waals surface area contributed by atoms with E-state index in [2.05, 4.69) is 13.5 Å². The lowest BCUT2D eigenvalue weighted by molar-refractivity contribution is 0.0697. The van der Waals surface area contributed by atoms with E-state index in [-0.39, 0.29) is 17.0 Å². The number of carboxylic acid groups (broad SMARTS) is 1. The molecule has 7 nitrogen and oxygen atoms in total. The molecule has 3 rings (SSSR count). The molecule has 0 fully saturated rings. The maximum atomic E-state index is 12.4. The Bertz CT molecular complexity index is 965. The van der Waals surface area contributed by atoms with E-state index in [9.17, 15) is 13.2 Å². The van der Waals surface area contributed by atoms with Crippen LogP contribution in [0.4, 0.5) is 0 Å². The monoisotopic (exact) mass is 349 g/mol. The summed E-state index contributed by atoms with van der Waals surface area (Å²) in [5, 5.41) is 8.84. The van der Waals surface area contributed by atoms with Crippen molar-refractivity contribution < 1.29 is 18.3 Å². The van der Waals surface area contributed by atoms with Crippen molar-refractivity contribution in [2.75, 3.05) is 0 Å². The van der Waals surface area contributed by atoms with Gasteiger partial charge in [-0.2, -0.15) is 8.75 Å². The first kappa shape index (κ1) is 15.5. The summed E-state index contributed by atoms with van der Waals surface area (Å²) < 4.78 is 35.4. The SMILES string of the molecule is O=C(O)c1ccc(CNS(=O)(=O)c2cccc3nsnc23)cc1. The molecule has 0 radical (unpaired) electrons. The second-order valence-electron chi connectivity index (χ2n) is 4.71. The van der Waals surface area contributed by atoms with E-state index in [0.717, 1.165) is 11.7 Å². The highest BCUT2D eigenvalue weighted by molar-refractivity contribution is 7.89. The van der Waals surface area contributed by atoms with Crippen LogP contribution in [-0.2, 0) is 16.6 Å². The van der Waals surface area contributed by atoms with E-state index < -0.39 is 16.0 Å². The third kappa shape index (κ3) is 3.21. The summed E-state index contributed by atoms with van der Waals surface area (Å²) in [6.45, 7) is 0.0518. The van der Waals surface area contributed by atoms with Gasteiger partial charge < -0.3 is 5.11 Å². The molecular formula is C14H11N3O4S2. The fourth-order valence-corrected chi connectivity index (χ4v) is 3.80. The van der Waals surface area contributed by atoms with Gasteiger partial charge in [-0.05, 0) is 29.8 Å². The first-order valence-corrected chi connectivity index (χ1v) is 8.72. The zero-order chi connectivity index (χ0) is 16.4. The molecule has 0 atom stereocenters. The van der Waals surface area contributed by atoms with Gasteiger partial charge in [0.2, 0.25) is 10.0 Å². The second kappa shape index (κ2) is 6.03. The number of fused-ring (bicyclic) bond motifs is 1. The largest absolute Gasteiger partial charge is 0.478 e. The van der Waals surface area contributed by atoms with Gasteiger partial charge in [0.05, 0.1) is 17.3 Å². The molecule has 0 unspecified atom stereocenters. The van der Waals surface area contributed by atoms with E-state index >= 15 is 0 Å². The Kier molecular flexibility index (Phi) is 4.07. The Balaban J connectivity index is 1.81. The summed E-state index contributed by atoms with van der Waals surface area (Å²) >= 11 is 0.954. The Hall–Kier alpha value is -2.36. The lowest BCUT2D eigenvalue weighted by Crippen LogP contribution is -2.23. The summed E-state index contributed by atoms with van der Waals surface area (Å²) in [4.78, 5) is 10.9. The highest BCUT2D eigenvalue weighted by Gasteiger charge is 2.19. The maximum absolute atomic E-state index is 12.4. The average Bonchev–Trinajstić information content (AvgIpc) is 3.01. The first-order chi connectivity index (χ1) is 11.0. The minimum atomic E-state index is -3.74. The Morgan fingerprint density at radius 1 is 1.13 bits per heavy atom. The van der Waals surface area contributed by atoms with E-state index in [1.54, 1.807) is 24.3 Å². The molecule has 0 aliphatic rings. The fourth-order valence-electron chi connectivity index (χ4n) is 2.02. The van der Waals surface area contributed by atoms with E-state index in [1.165, 1.54) is 18.2 Å². The number of carboxylic acids is 1. The molecule has 0 saturated carbocycles. The van der Waals surface area contributed by atoms with Crippen molar-refractivity contribution in [2.45, 2.75) is 11.4 Å². The van der Waals surface area contributed by atoms with Gasteiger partial charge in [0.1, 0.15) is 15.9 Å². The van der Waals surface area contributed by atoms with Crippen LogP contribution >= 0.6 is 11.7 Å². The molecule has 0 saturated heterocycles. The molecule has 0 aliphatic heterocycles. The Morgan fingerprint density at radius 2 is 1.87 bits per heavy atom. The quantitative estimate of drug-likeness (QED) is 0.728. The van der Waals surface area contributed by atoms with Gasteiger partial charge in [-0.15, -0.1) is 0 Å². The van der Waals surface area contributed by atoms with Crippen molar-refractivity contribution in [3.8, 4) is 0 Å². The lowest BCUT2D eigenvalue weighted by atomic mass is 10.1. The molecule has 118 valence electrons. The van der Waals surface area contributed by atoms with Gasteiger partial charge in [-0.3, -0.25) is 0 Å². The van der Waals surface area contributed by atoms with Crippen LogP contribution in [0.1, 0.15) is 15.9 Å². The van der Waals surface area contributed by atoms with Crippen LogP contribution in [0.2, 0.25) is 0 Å². The summed E-state index contributed by atoms with van der Waals surface area (Å²) in [5.41, 5.74) is 1.67. The van der Waals surface area contributed by atoms with Gasteiger partial charge in [-0.25, -0.2) is 17.9 Å². The number of sulfonamides is 1. The van der Waals surface area contributed by atoms with Crippen molar-refractivity contribution >= 4 is 38.8 Å². The molecule has 2 N–H and O–H groups in total. The van der Waals surface area contributed by atoms with E-state index in [0.29, 0.717) is 16.6 Å². The molecule has 23 heavy (non-hydrogen) atoms. The number of nitrogens with zero attached hydrogens (tertiary/aromatic N) is 2. The molecule has 0 bridgehead atoms. The number of aromatic nitrogens is 2. The normalized spacial score (nSPS) is 11.7. The minimum absolute atomic E-state index is 0.0518. The van der Waals surface area contributed by atoms with Crippen LogP contribution in [0.5, 0.6) is 0 Å². The smallest absolute Gasteiger partial charge is 0.335 e. The molecular weight excluding hydrogens is 338 g/mol. The highest BCUT2D eigenvalue weighted by atomic mass is 32.2. The van der Waals surface area contributed by atoms with Crippen LogP contribution in [0.3, 0.4) is 0 Å².